The first-order valence-electron chi connectivity index (χ1n) is 7.26. The Morgan fingerprint density at radius 1 is 1.24 bits per heavy atom. The number of piperidine rings is 1. The number of hydrogen-bond donors (Lipinski definition) is 0. The van der Waals surface area contributed by atoms with Gasteiger partial charge in [0.1, 0.15) is 0 Å². The molecule has 1 atom stereocenters. The highest BCUT2D eigenvalue weighted by Crippen LogP contribution is 2.39. The van der Waals surface area contributed by atoms with E-state index in [9.17, 15) is 8.42 Å². The first-order chi connectivity index (χ1) is 9.91. The molecule has 0 amide bonds. The van der Waals surface area contributed by atoms with Crippen molar-refractivity contribution in [1.82, 2.24) is 4.31 Å². The molecule has 0 radical (unpaired) electrons. The van der Waals surface area contributed by atoms with Crippen LogP contribution in [0.5, 0.6) is 0 Å². The third-order valence-electron chi connectivity index (χ3n) is 4.46. The van der Waals surface area contributed by atoms with Crippen LogP contribution in [0.15, 0.2) is 29.2 Å². The highest BCUT2D eigenvalue weighted by atomic mass is 79.9. The summed E-state index contributed by atoms with van der Waals surface area (Å²) in [5.74, 6) is 0. The number of hydrogen-bond acceptors (Lipinski definition) is 3. The second kappa shape index (κ2) is 5.65. The lowest BCUT2D eigenvalue weighted by atomic mass is 9.90. The van der Waals surface area contributed by atoms with Crippen LogP contribution in [0.2, 0.25) is 0 Å². The van der Waals surface area contributed by atoms with Gasteiger partial charge < -0.3 is 4.74 Å². The van der Waals surface area contributed by atoms with E-state index < -0.39 is 10.0 Å². The molecule has 116 valence electrons. The summed E-state index contributed by atoms with van der Waals surface area (Å²) in [5.41, 5.74) is 0.947. The van der Waals surface area contributed by atoms with E-state index in [2.05, 4.69) is 15.9 Å². The highest BCUT2D eigenvalue weighted by Gasteiger charge is 2.44. The smallest absolute Gasteiger partial charge is 0.243 e. The molecular weight excluding hydrogens is 354 g/mol. The van der Waals surface area contributed by atoms with Gasteiger partial charge in [-0.1, -0.05) is 33.6 Å². The zero-order valence-corrected chi connectivity index (χ0v) is 14.5. The van der Waals surface area contributed by atoms with Gasteiger partial charge in [0.15, 0.2) is 0 Å². The predicted octanol–water partition coefficient (Wildman–Crippen LogP) is 2.70. The van der Waals surface area contributed by atoms with Crippen LogP contribution < -0.4 is 0 Å². The van der Waals surface area contributed by atoms with Gasteiger partial charge in [0.2, 0.25) is 10.0 Å². The van der Waals surface area contributed by atoms with Crippen molar-refractivity contribution in [3.63, 3.8) is 0 Å². The number of ether oxygens (including phenoxy) is 1. The molecule has 2 aliphatic heterocycles. The lowest BCUT2D eigenvalue weighted by Crippen LogP contribution is -2.46. The van der Waals surface area contributed by atoms with Crippen molar-refractivity contribution in [3.05, 3.63) is 29.8 Å². The molecule has 3 rings (SSSR count). The Morgan fingerprint density at radius 3 is 2.38 bits per heavy atom. The summed E-state index contributed by atoms with van der Waals surface area (Å²) < 4.78 is 32.8. The Morgan fingerprint density at radius 2 is 1.86 bits per heavy atom. The van der Waals surface area contributed by atoms with Gasteiger partial charge in [-0.15, -0.1) is 0 Å². The van der Waals surface area contributed by atoms with Crippen molar-refractivity contribution in [2.24, 2.45) is 0 Å². The molecule has 4 nitrogen and oxygen atoms in total. The molecule has 0 bridgehead atoms. The van der Waals surface area contributed by atoms with E-state index in [0.29, 0.717) is 22.8 Å². The maximum atomic E-state index is 12.6. The van der Waals surface area contributed by atoms with Gasteiger partial charge in [-0.25, -0.2) is 8.42 Å². The van der Waals surface area contributed by atoms with Crippen molar-refractivity contribution in [2.75, 3.05) is 19.7 Å². The number of rotatable bonds is 2. The van der Waals surface area contributed by atoms with Crippen LogP contribution in [0.1, 0.15) is 24.8 Å². The molecule has 0 aliphatic carbocycles. The second-order valence-corrected chi connectivity index (χ2v) is 9.25. The van der Waals surface area contributed by atoms with Crippen LogP contribution in [0.3, 0.4) is 0 Å². The molecule has 2 saturated heterocycles. The quantitative estimate of drug-likeness (QED) is 0.748. The maximum Gasteiger partial charge on any atom is 0.243 e. The zero-order valence-electron chi connectivity index (χ0n) is 12.1. The van der Waals surface area contributed by atoms with Crippen LogP contribution in [-0.2, 0) is 14.8 Å². The lowest BCUT2D eigenvalue weighted by molar-refractivity contribution is -0.0308. The van der Waals surface area contributed by atoms with Crippen LogP contribution in [0.25, 0.3) is 0 Å². The second-order valence-electron chi connectivity index (χ2n) is 6.01. The number of nitrogens with zero attached hydrogens (tertiary/aromatic N) is 1. The van der Waals surface area contributed by atoms with Crippen LogP contribution in [0.4, 0.5) is 0 Å². The standard InChI is InChI=1S/C15H20BrNO3S/c1-12-2-4-14(5-3-12)21(18,19)17-8-6-15(7-9-17)10-13(16)11-20-15/h2-5,13H,6-11H2,1H3/t13-/m0/s1. The number of halogens is 1. The summed E-state index contributed by atoms with van der Waals surface area (Å²) in [5, 5.41) is 0. The van der Waals surface area contributed by atoms with Gasteiger partial charge in [0.25, 0.3) is 0 Å². The summed E-state index contributed by atoms with van der Waals surface area (Å²) in [4.78, 5) is 0.785. The molecule has 0 saturated carbocycles. The number of sulfonamides is 1. The minimum Gasteiger partial charge on any atom is -0.374 e. The molecule has 0 aromatic heterocycles. The first kappa shape index (κ1) is 15.5. The maximum absolute atomic E-state index is 12.6. The van der Waals surface area contributed by atoms with E-state index in [0.717, 1.165) is 31.4 Å². The molecule has 21 heavy (non-hydrogen) atoms. The summed E-state index contributed by atoms with van der Waals surface area (Å²) in [6, 6.07) is 7.06. The summed E-state index contributed by atoms with van der Waals surface area (Å²) >= 11 is 3.59. The van der Waals surface area contributed by atoms with E-state index in [1.807, 2.05) is 19.1 Å². The fraction of sp³-hybridized carbons (Fsp3) is 0.600. The fourth-order valence-electron chi connectivity index (χ4n) is 3.13. The Labute approximate surface area is 134 Å². The molecular formula is C15H20BrNO3S. The zero-order chi connectivity index (χ0) is 15.1. The number of benzene rings is 1. The van der Waals surface area contributed by atoms with Crippen molar-refractivity contribution < 1.29 is 13.2 Å². The third-order valence-corrected chi connectivity index (χ3v) is 6.96. The van der Waals surface area contributed by atoms with Crippen LogP contribution in [0, 0.1) is 6.92 Å². The van der Waals surface area contributed by atoms with Crippen LogP contribution in [-0.4, -0.2) is 42.8 Å². The molecule has 1 spiro atoms. The Balaban J connectivity index is 1.73. The van der Waals surface area contributed by atoms with E-state index in [1.54, 1.807) is 16.4 Å². The number of aryl methyl sites for hydroxylation is 1. The molecule has 0 N–H and O–H groups in total. The van der Waals surface area contributed by atoms with Gasteiger partial charge in [0, 0.05) is 17.9 Å². The largest absolute Gasteiger partial charge is 0.374 e. The van der Waals surface area contributed by atoms with Gasteiger partial charge >= 0.3 is 0 Å². The summed E-state index contributed by atoms with van der Waals surface area (Å²) in [6.07, 6.45) is 2.53. The Bertz CT molecular complexity index is 606. The lowest BCUT2D eigenvalue weighted by Gasteiger charge is -2.37. The third kappa shape index (κ3) is 3.04. The topological polar surface area (TPSA) is 46.6 Å². The van der Waals surface area contributed by atoms with Crippen molar-refractivity contribution >= 4 is 26.0 Å². The summed E-state index contributed by atoms with van der Waals surface area (Å²) in [6.45, 7) is 3.76. The first-order valence-corrected chi connectivity index (χ1v) is 9.62. The van der Waals surface area contributed by atoms with Crippen LogP contribution >= 0.6 is 15.9 Å². The van der Waals surface area contributed by atoms with E-state index in [4.69, 9.17) is 4.74 Å². The van der Waals surface area contributed by atoms with Gasteiger partial charge in [-0.3, -0.25) is 0 Å². The molecule has 1 aromatic rings. The minimum atomic E-state index is -3.37. The molecule has 6 heteroatoms. The molecule has 1 aromatic carbocycles. The van der Waals surface area contributed by atoms with E-state index in [-0.39, 0.29) is 5.60 Å². The van der Waals surface area contributed by atoms with Crippen molar-refractivity contribution in [3.8, 4) is 0 Å². The molecule has 2 fully saturated rings. The minimum absolute atomic E-state index is 0.118. The molecule has 2 heterocycles. The van der Waals surface area contributed by atoms with Gasteiger partial charge in [-0.05, 0) is 38.3 Å². The van der Waals surface area contributed by atoms with Crippen molar-refractivity contribution in [2.45, 2.75) is 41.5 Å². The highest BCUT2D eigenvalue weighted by molar-refractivity contribution is 9.09. The van der Waals surface area contributed by atoms with Crippen molar-refractivity contribution in [1.29, 1.82) is 0 Å². The average Bonchev–Trinajstić information content (AvgIpc) is 2.81. The Kier molecular flexibility index (Phi) is 4.16. The predicted molar refractivity (Wildman–Crippen MR) is 85.2 cm³/mol. The normalized spacial score (nSPS) is 26.3. The van der Waals surface area contributed by atoms with E-state index >= 15 is 0 Å². The fourth-order valence-corrected chi connectivity index (χ4v) is 5.29. The van der Waals surface area contributed by atoms with E-state index in [1.165, 1.54) is 0 Å². The summed E-state index contributed by atoms with van der Waals surface area (Å²) in [7, 11) is -3.37. The molecule has 2 aliphatic rings. The Hall–Kier alpha value is -0.430. The van der Waals surface area contributed by atoms with Gasteiger partial charge in [0.05, 0.1) is 17.1 Å². The SMILES string of the molecule is Cc1ccc(S(=O)(=O)N2CCC3(CC2)C[C@H](Br)CO3)cc1. The molecule has 0 unspecified atom stereocenters. The monoisotopic (exact) mass is 373 g/mol. The average molecular weight is 374 g/mol. The number of alkyl halides is 1. The van der Waals surface area contributed by atoms with Gasteiger partial charge in [-0.2, -0.15) is 4.31 Å².